The lowest BCUT2D eigenvalue weighted by Crippen LogP contribution is -2.37. The summed E-state index contributed by atoms with van der Waals surface area (Å²) in [6, 6.07) is 5.47. The number of carboxylic acids is 2. The second-order valence-corrected chi connectivity index (χ2v) is 6.18. The van der Waals surface area contributed by atoms with Crippen LogP contribution in [0.25, 0.3) is 0 Å². The van der Waals surface area contributed by atoms with Gasteiger partial charge < -0.3 is 10.2 Å². The molecule has 0 aromatic heterocycles. The van der Waals surface area contributed by atoms with E-state index in [9.17, 15) is 19.8 Å². The molecular formula is C17H17BrO4. The second-order valence-electron chi connectivity index (χ2n) is 5.39. The van der Waals surface area contributed by atoms with Crippen LogP contribution in [-0.4, -0.2) is 22.2 Å². The Labute approximate surface area is 137 Å². The molecule has 0 heterocycles. The van der Waals surface area contributed by atoms with Crippen LogP contribution in [0, 0.1) is 0 Å². The normalized spacial score (nSPS) is 21.0. The minimum atomic E-state index is -1.36. The maximum atomic E-state index is 12.0. The van der Waals surface area contributed by atoms with Crippen LogP contribution in [-0.2, 0) is 21.4 Å². The van der Waals surface area contributed by atoms with E-state index in [4.69, 9.17) is 0 Å². The Bertz CT molecular complexity index is 703. The van der Waals surface area contributed by atoms with Gasteiger partial charge in [-0.05, 0) is 30.0 Å². The predicted octanol–water partition coefficient (Wildman–Crippen LogP) is 3.69. The quantitative estimate of drug-likeness (QED) is 0.853. The van der Waals surface area contributed by atoms with Crippen molar-refractivity contribution < 1.29 is 19.8 Å². The lowest BCUT2D eigenvalue weighted by Gasteiger charge is -2.31. The summed E-state index contributed by atoms with van der Waals surface area (Å²) in [5.41, 5.74) is 0.944. The monoisotopic (exact) mass is 364 g/mol. The van der Waals surface area contributed by atoms with Gasteiger partial charge in [-0.3, -0.25) is 4.79 Å². The zero-order valence-corrected chi connectivity index (χ0v) is 14.0. The molecule has 0 radical (unpaired) electrons. The van der Waals surface area contributed by atoms with Crippen LogP contribution in [0.15, 0.2) is 46.0 Å². The van der Waals surface area contributed by atoms with Gasteiger partial charge in [0.15, 0.2) is 0 Å². The summed E-state index contributed by atoms with van der Waals surface area (Å²) in [5.74, 6) is -2.13. The summed E-state index contributed by atoms with van der Waals surface area (Å²) in [6.07, 6.45) is 3.88. The minimum absolute atomic E-state index is 0.0637. The third-order valence-electron chi connectivity index (χ3n) is 4.13. The molecule has 0 fully saturated rings. The largest absolute Gasteiger partial charge is 0.480 e. The lowest BCUT2D eigenvalue weighted by atomic mass is 9.71. The van der Waals surface area contributed by atoms with Crippen molar-refractivity contribution in [1.29, 1.82) is 0 Å². The molecule has 1 aliphatic rings. The van der Waals surface area contributed by atoms with Crippen molar-refractivity contribution in [2.24, 2.45) is 0 Å². The third kappa shape index (κ3) is 2.61. The maximum absolute atomic E-state index is 12.0. The number of hydrogen-bond donors (Lipinski definition) is 2. The first-order chi connectivity index (χ1) is 10.3. The standard InChI is InChI=1S/C17H17BrO4/c1-3-11-5-4-6-13(14(11)18)17(16(21)22)8-7-10(2)12(9-17)15(19)20/h4-8H,3,9H2,1-2H3,(H,19,20)(H,21,22). The summed E-state index contributed by atoms with van der Waals surface area (Å²) in [4.78, 5) is 23.4. The van der Waals surface area contributed by atoms with Crippen LogP contribution in [0.4, 0.5) is 0 Å². The first-order valence-electron chi connectivity index (χ1n) is 6.97. The lowest BCUT2D eigenvalue weighted by molar-refractivity contribution is -0.142. The van der Waals surface area contributed by atoms with Gasteiger partial charge in [-0.2, -0.15) is 0 Å². The molecule has 0 amide bonds. The molecule has 1 atom stereocenters. The number of carboxylic acid groups (broad SMARTS) is 2. The third-order valence-corrected chi connectivity index (χ3v) is 5.07. The van der Waals surface area contributed by atoms with Crippen molar-refractivity contribution in [2.45, 2.75) is 32.1 Å². The van der Waals surface area contributed by atoms with E-state index in [2.05, 4.69) is 15.9 Å². The molecule has 2 rings (SSSR count). The summed E-state index contributed by atoms with van der Waals surface area (Å²) >= 11 is 3.49. The molecule has 2 N–H and O–H groups in total. The molecule has 116 valence electrons. The molecule has 1 unspecified atom stereocenters. The number of aliphatic carboxylic acids is 2. The molecule has 0 aliphatic heterocycles. The molecule has 1 aliphatic carbocycles. The Morgan fingerprint density at radius 2 is 2.00 bits per heavy atom. The number of carbonyl (C=O) groups is 2. The van der Waals surface area contributed by atoms with Crippen LogP contribution in [0.2, 0.25) is 0 Å². The topological polar surface area (TPSA) is 74.6 Å². The van der Waals surface area contributed by atoms with Gasteiger partial charge in [0.05, 0.1) is 0 Å². The van der Waals surface area contributed by atoms with E-state index in [0.29, 0.717) is 11.1 Å². The first kappa shape index (κ1) is 16.5. The van der Waals surface area contributed by atoms with Gasteiger partial charge in [0.25, 0.3) is 0 Å². The summed E-state index contributed by atoms with van der Waals surface area (Å²) in [6.45, 7) is 3.67. The molecule has 0 bridgehead atoms. The summed E-state index contributed by atoms with van der Waals surface area (Å²) in [7, 11) is 0. The van der Waals surface area contributed by atoms with Gasteiger partial charge in [-0.1, -0.05) is 53.2 Å². The number of benzene rings is 1. The van der Waals surface area contributed by atoms with Crippen molar-refractivity contribution in [1.82, 2.24) is 0 Å². The number of halogens is 1. The van der Waals surface area contributed by atoms with E-state index in [1.165, 1.54) is 0 Å². The van der Waals surface area contributed by atoms with Gasteiger partial charge in [-0.25, -0.2) is 4.79 Å². The van der Waals surface area contributed by atoms with E-state index in [-0.39, 0.29) is 12.0 Å². The SMILES string of the molecule is CCc1cccc(C2(C(=O)O)C=CC(C)=C(C(=O)O)C2)c1Br. The Kier molecular flexibility index (Phi) is 4.56. The Morgan fingerprint density at radius 1 is 1.32 bits per heavy atom. The highest BCUT2D eigenvalue weighted by Gasteiger charge is 2.43. The van der Waals surface area contributed by atoms with Crippen molar-refractivity contribution in [2.75, 3.05) is 0 Å². The number of rotatable bonds is 4. The van der Waals surface area contributed by atoms with Crippen LogP contribution in [0.5, 0.6) is 0 Å². The molecule has 4 nitrogen and oxygen atoms in total. The fourth-order valence-electron chi connectivity index (χ4n) is 2.73. The zero-order valence-electron chi connectivity index (χ0n) is 12.4. The Hall–Kier alpha value is -1.88. The van der Waals surface area contributed by atoms with Crippen LogP contribution < -0.4 is 0 Å². The van der Waals surface area contributed by atoms with Gasteiger partial charge in [-0.15, -0.1) is 0 Å². The van der Waals surface area contributed by atoms with E-state index in [1.807, 2.05) is 19.1 Å². The average Bonchev–Trinajstić information content (AvgIpc) is 2.48. The molecule has 5 heteroatoms. The van der Waals surface area contributed by atoms with Gasteiger partial charge in [0, 0.05) is 16.5 Å². The van der Waals surface area contributed by atoms with Crippen molar-refractivity contribution in [3.05, 3.63) is 57.1 Å². The first-order valence-corrected chi connectivity index (χ1v) is 7.76. The fraction of sp³-hybridized carbons (Fsp3) is 0.294. The van der Waals surface area contributed by atoms with Crippen LogP contribution in [0.3, 0.4) is 0 Å². The highest BCUT2D eigenvalue weighted by atomic mass is 79.9. The highest BCUT2D eigenvalue weighted by Crippen LogP contribution is 2.42. The van der Waals surface area contributed by atoms with E-state index in [1.54, 1.807) is 25.1 Å². The van der Waals surface area contributed by atoms with E-state index in [0.717, 1.165) is 16.5 Å². The number of hydrogen-bond acceptors (Lipinski definition) is 2. The molecule has 22 heavy (non-hydrogen) atoms. The van der Waals surface area contributed by atoms with Gasteiger partial charge >= 0.3 is 11.9 Å². The van der Waals surface area contributed by atoms with Crippen LogP contribution >= 0.6 is 15.9 Å². The van der Waals surface area contributed by atoms with E-state index < -0.39 is 17.4 Å². The van der Waals surface area contributed by atoms with Crippen molar-refractivity contribution in [3.8, 4) is 0 Å². The van der Waals surface area contributed by atoms with Gasteiger partial charge in [0.2, 0.25) is 0 Å². The van der Waals surface area contributed by atoms with Crippen molar-refractivity contribution >= 4 is 27.9 Å². The maximum Gasteiger partial charge on any atom is 0.331 e. The Balaban J connectivity index is 2.66. The smallest absolute Gasteiger partial charge is 0.331 e. The molecule has 0 spiro atoms. The highest BCUT2D eigenvalue weighted by molar-refractivity contribution is 9.10. The molecule has 0 saturated carbocycles. The zero-order chi connectivity index (χ0) is 16.5. The number of allylic oxidation sites excluding steroid dienone is 2. The number of aryl methyl sites for hydroxylation is 1. The molecule has 0 saturated heterocycles. The Morgan fingerprint density at radius 3 is 2.55 bits per heavy atom. The van der Waals surface area contributed by atoms with Gasteiger partial charge in [0.1, 0.15) is 5.41 Å². The fourth-order valence-corrected chi connectivity index (χ4v) is 3.63. The molecule has 1 aromatic carbocycles. The summed E-state index contributed by atoms with van der Waals surface area (Å²) < 4.78 is 0.730. The van der Waals surface area contributed by atoms with Crippen LogP contribution in [0.1, 0.15) is 31.4 Å². The molecule has 1 aromatic rings. The average molecular weight is 365 g/mol. The van der Waals surface area contributed by atoms with Crippen molar-refractivity contribution in [3.63, 3.8) is 0 Å². The van der Waals surface area contributed by atoms with E-state index >= 15 is 0 Å². The predicted molar refractivity (Wildman–Crippen MR) is 86.9 cm³/mol. The summed E-state index contributed by atoms with van der Waals surface area (Å²) in [5, 5.41) is 19.2. The second kappa shape index (κ2) is 6.08. The molecular weight excluding hydrogens is 348 g/mol. The minimum Gasteiger partial charge on any atom is -0.480 e.